The molecule has 1 atom stereocenters. The van der Waals surface area contributed by atoms with Crippen molar-refractivity contribution in [3.8, 4) is 0 Å². The maximum Gasteiger partial charge on any atom is 0.263 e. The highest BCUT2D eigenvalue weighted by atomic mass is 79.9. The monoisotopic (exact) mass is 479 g/mol. The Hall–Kier alpha value is -2.60. The Kier molecular flexibility index (Phi) is 4.74. The lowest BCUT2D eigenvalue weighted by atomic mass is 9.80. The molecule has 1 unspecified atom stereocenters. The quantitative estimate of drug-likeness (QED) is 0.576. The number of rotatable bonds is 3. The number of anilines is 1. The number of aromatic amines is 1. The van der Waals surface area contributed by atoms with Gasteiger partial charge < -0.3 is 14.8 Å². The number of carbonyl (C=O) groups excluding carboxylic acids is 2. The molecule has 0 radical (unpaired) electrons. The van der Waals surface area contributed by atoms with Crippen LogP contribution in [-0.4, -0.2) is 34.8 Å². The summed E-state index contributed by atoms with van der Waals surface area (Å²) in [6.07, 6.45) is 1.63. The number of H-pyrrole nitrogens is 1. The van der Waals surface area contributed by atoms with E-state index in [0.717, 1.165) is 50.7 Å². The van der Waals surface area contributed by atoms with Crippen molar-refractivity contribution in [2.24, 2.45) is 5.92 Å². The van der Waals surface area contributed by atoms with Crippen molar-refractivity contribution in [1.29, 1.82) is 0 Å². The molecule has 5 nitrogen and oxygen atoms in total. The molecule has 5 rings (SSSR count). The van der Waals surface area contributed by atoms with Crippen LogP contribution in [0.4, 0.5) is 5.69 Å². The van der Waals surface area contributed by atoms with Gasteiger partial charge in [0.1, 0.15) is 0 Å². The van der Waals surface area contributed by atoms with Crippen LogP contribution in [0, 0.1) is 5.92 Å². The molecule has 0 fully saturated rings. The number of benzene rings is 2. The first-order valence-corrected chi connectivity index (χ1v) is 11.6. The molecule has 0 bridgehead atoms. The fraction of sp³-hybridized carbons (Fsp3) is 0.360. The third kappa shape index (κ3) is 2.80. The Morgan fingerprint density at radius 3 is 2.74 bits per heavy atom. The Bertz CT molecular complexity index is 1210. The molecule has 2 aliphatic rings. The van der Waals surface area contributed by atoms with Crippen LogP contribution in [0.5, 0.6) is 0 Å². The van der Waals surface area contributed by atoms with Gasteiger partial charge in [-0.05, 0) is 48.6 Å². The van der Waals surface area contributed by atoms with Crippen LogP contribution in [0.3, 0.4) is 0 Å². The lowest BCUT2D eigenvalue weighted by Gasteiger charge is -2.43. The molecule has 1 spiro atoms. The minimum atomic E-state index is -1.16. The van der Waals surface area contributed by atoms with Gasteiger partial charge >= 0.3 is 0 Å². The number of hydrogen-bond donors (Lipinski definition) is 1. The summed E-state index contributed by atoms with van der Waals surface area (Å²) in [7, 11) is 0. The van der Waals surface area contributed by atoms with Crippen molar-refractivity contribution in [2.45, 2.75) is 39.2 Å². The average Bonchev–Trinajstić information content (AvgIpc) is 3.22. The molecule has 0 saturated heterocycles. The first kappa shape index (κ1) is 20.3. The fourth-order valence-electron chi connectivity index (χ4n) is 5.25. The number of amides is 2. The lowest BCUT2D eigenvalue weighted by Crippen LogP contribution is -2.59. The third-order valence-corrected chi connectivity index (χ3v) is 7.16. The largest absolute Gasteiger partial charge is 0.355 e. The topological polar surface area (TPSA) is 56.4 Å². The second-order valence-corrected chi connectivity index (χ2v) is 9.87. The summed E-state index contributed by atoms with van der Waals surface area (Å²) in [6.45, 7) is 7.04. The maximum atomic E-state index is 14.3. The molecular weight excluding hydrogens is 454 g/mol. The molecule has 1 aromatic heterocycles. The molecule has 160 valence electrons. The molecule has 0 saturated carbocycles. The molecule has 2 amide bonds. The SMILES string of the molecule is CC(=O)N1CCc2c([nH]c3ccccc23)C12C(=O)N(CCC(C)C)c1ccc(Br)cc12. The highest BCUT2D eigenvalue weighted by Gasteiger charge is 2.60. The summed E-state index contributed by atoms with van der Waals surface area (Å²) in [5.41, 5.74) is 3.59. The third-order valence-electron chi connectivity index (χ3n) is 6.67. The normalized spacial score (nSPS) is 20.1. The van der Waals surface area contributed by atoms with Gasteiger partial charge in [-0.1, -0.05) is 48.0 Å². The molecule has 3 heterocycles. The van der Waals surface area contributed by atoms with Crippen molar-refractivity contribution < 1.29 is 9.59 Å². The van der Waals surface area contributed by atoms with E-state index in [4.69, 9.17) is 0 Å². The van der Waals surface area contributed by atoms with Gasteiger partial charge in [0, 0.05) is 41.0 Å². The molecule has 2 aliphatic heterocycles. The predicted molar refractivity (Wildman–Crippen MR) is 126 cm³/mol. The van der Waals surface area contributed by atoms with Gasteiger partial charge in [-0.25, -0.2) is 0 Å². The summed E-state index contributed by atoms with van der Waals surface area (Å²) in [5.74, 6) is 0.348. The molecule has 0 aliphatic carbocycles. The van der Waals surface area contributed by atoms with Crippen LogP contribution in [0.25, 0.3) is 10.9 Å². The summed E-state index contributed by atoms with van der Waals surface area (Å²) >= 11 is 3.61. The van der Waals surface area contributed by atoms with E-state index in [1.165, 1.54) is 0 Å². The summed E-state index contributed by atoms with van der Waals surface area (Å²) in [5, 5.41) is 1.13. The van der Waals surface area contributed by atoms with E-state index in [9.17, 15) is 9.59 Å². The lowest BCUT2D eigenvalue weighted by molar-refractivity contribution is -0.143. The van der Waals surface area contributed by atoms with Crippen LogP contribution in [0.2, 0.25) is 0 Å². The van der Waals surface area contributed by atoms with E-state index in [-0.39, 0.29) is 11.8 Å². The Morgan fingerprint density at radius 2 is 2.00 bits per heavy atom. The molecule has 31 heavy (non-hydrogen) atoms. The predicted octanol–water partition coefficient (Wildman–Crippen LogP) is 4.97. The first-order valence-electron chi connectivity index (χ1n) is 10.9. The van der Waals surface area contributed by atoms with E-state index in [0.29, 0.717) is 19.0 Å². The number of hydrogen-bond acceptors (Lipinski definition) is 2. The summed E-state index contributed by atoms with van der Waals surface area (Å²) < 4.78 is 0.899. The van der Waals surface area contributed by atoms with Crippen LogP contribution in [-0.2, 0) is 21.5 Å². The average molecular weight is 480 g/mol. The second kappa shape index (κ2) is 7.23. The van der Waals surface area contributed by atoms with E-state index in [2.05, 4.69) is 40.8 Å². The second-order valence-electron chi connectivity index (χ2n) is 8.96. The summed E-state index contributed by atoms with van der Waals surface area (Å²) in [6, 6.07) is 14.1. The van der Waals surface area contributed by atoms with Crippen LogP contribution >= 0.6 is 15.9 Å². The zero-order valence-corrected chi connectivity index (χ0v) is 19.6. The Balaban J connectivity index is 1.82. The summed E-state index contributed by atoms with van der Waals surface area (Å²) in [4.78, 5) is 34.5. The zero-order chi connectivity index (χ0) is 21.9. The number of halogens is 1. The van der Waals surface area contributed by atoms with Gasteiger partial charge in [-0.3, -0.25) is 9.59 Å². The minimum absolute atomic E-state index is 0.0380. The number of fused-ring (bicyclic) bond motifs is 6. The van der Waals surface area contributed by atoms with E-state index >= 15 is 0 Å². The molecule has 3 aromatic rings. The van der Waals surface area contributed by atoms with E-state index in [1.54, 1.807) is 11.8 Å². The molecule has 1 N–H and O–H groups in total. The van der Waals surface area contributed by atoms with Crippen molar-refractivity contribution in [2.75, 3.05) is 18.0 Å². The number of nitrogens with one attached hydrogen (secondary N) is 1. The van der Waals surface area contributed by atoms with Gasteiger partial charge in [0.15, 0.2) is 5.54 Å². The van der Waals surface area contributed by atoms with Crippen LogP contribution < -0.4 is 4.90 Å². The van der Waals surface area contributed by atoms with Crippen molar-refractivity contribution >= 4 is 44.3 Å². The standard InChI is InChI=1S/C25H26BrN3O2/c1-15(2)10-12-28-22-9-8-17(26)14-20(22)25(24(28)31)23-19(11-13-29(25)16(3)30)18-6-4-5-7-21(18)27-23/h4-9,14-15,27H,10-13H2,1-3H3. The maximum absolute atomic E-state index is 14.3. The van der Waals surface area contributed by atoms with E-state index in [1.807, 2.05) is 41.3 Å². The van der Waals surface area contributed by atoms with Crippen molar-refractivity contribution in [3.05, 3.63) is 63.8 Å². The number of nitrogens with zero attached hydrogens (tertiary/aromatic N) is 2. The smallest absolute Gasteiger partial charge is 0.263 e. The zero-order valence-electron chi connectivity index (χ0n) is 18.0. The van der Waals surface area contributed by atoms with Gasteiger partial charge in [-0.15, -0.1) is 0 Å². The van der Waals surface area contributed by atoms with Gasteiger partial charge in [0.2, 0.25) is 5.91 Å². The Morgan fingerprint density at radius 1 is 1.23 bits per heavy atom. The highest BCUT2D eigenvalue weighted by molar-refractivity contribution is 9.10. The van der Waals surface area contributed by atoms with Gasteiger partial charge in [0.05, 0.1) is 11.4 Å². The molecule has 6 heteroatoms. The number of carbonyl (C=O) groups is 2. The molecular formula is C25H26BrN3O2. The molecule has 2 aromatic carbocycles. The minimum Gasteiger partial charge on any atom is -0.355 e. The van der Waals surface area contributed by atoms with Gasteiger partial charge in [0.25, 0.3) is 5.91 Å². The van der Waals surface area contributed by atoms with Crippen LogP contribution in [0.1, 0.15) is 44.0 Å². The fourth-order valence-corrected chi connectivity index (χ4v) is 5.61. The van der Waals surface area contributed by atoms with Crippen LogP contribution in [0.15, 0.2) is 46.9 Å². The Labute approximate surface area is 190 Å². The van der Waals surface area contributed by atoms with Gasteiger partial charge in [-0.2, -0.15) is 0 Å². The highest BCUT2D eigenvalue weighted by Crippen LogP contribution is 2.52. The van der Waals surface area contributed by atoms with E-state index < -0.39 is 5.54 Å². The number of aromatic nitrogens is 1. The van der Waals surface area contributed by atoms with Crippen molar-refractivity contribution in [1.82, 2.24) is 9.88 Å². The first-order chi connectivity index (χ1) is 14.9. The van der Waals surface area contributed by atoms with Crippen molar-refractivity contribution in [3.63, 3.8) is 0 Å². The number of para-hydroxylation sites is 1.